The number of sulfonamides is 1. The summed E-state index contributed by atoms with van der Waals surface area (Å²) in [6.07, 6.45) is 3.16. The average molecular weight is 412 g/mol. The molecule has 142 valence electrons. The van der Waals surface area contributed by atoms with Crippen molar-refractivity contribution in [2.24, 2.45) is 0 Å². The fourth-order valence-corrected chi connectivity index (χ4v) is 4.08. The molecule has 1 aliphatic heterocycles. The van der Waals surface area contributed by atoms with Crippen molar-refractivity contribution >= 4 is 39.0 Å². The standard InChI is InChI=1S/C22H18ClNO3S/c1-28(25,26)24-16-7-4-6-15(12-16)13-19-17-9-5-10-21(23)20(17)14-27-22-11-3-2-8-18(19)22/h2-13,24H,14H2,1H3/b19-13+. The molecule has 1 aliphatic rings. The lowest BCUT2D eigenvalue weighted by atomic mass is 9.92. The smallest absolute Gasteiger partial charge is 0.229 e. The predicted molar refractivity (Wildman–Crippen MR) is 114 cm³/mol. The number of hydrogen-bond donors (Lipinski definition) is 1. The molecular weight excluding hydrogens is 394 g/mol. The lowest BCUT2D eigenvalue weighted by Gasteiger charge is -2.12. The molecule has 28 heavy (non-hydrogen) atoms. The van der Waals surface area contributed by atoms with E-state index >= 15 is 0 Å². The van der Waals surface area contributed by atoms with Gasteiger partial charge >= 0.3 is 0 Å². The first-order chi connectivity index (χ1) is 13.4. The van der Waals surface area contributed by atoms with Crippen LogP contribution in [0.15, 0.2) is 66.7 Å². The van der Waals surface area contributed by atoms with Crippen LogP contribution in [0.4, 0.5) is 5.69 Å². The zero-order chi connectivity index (χ0) is 19.7. The van der Waals surface area contributed by atoms with Crippen LogP contribution in [0.3, 0.4) is 0 Å². The summed E-state index contributed by atoms with van der Waals surface area (Å²) in [7, 11) is -3.34. The van der Waals surface area contributed by atoms with Crippen LogP contribution in [-0.2, 0) is 16.6 Å². The Morgan fingerprint density at radius 3 is 2.57 bits per heavy atom. The molecule has 4 rings (SSSR count). The van der Waals surface area contributed by atoms with E-state index in [1.54, 1.807) is 12.1 Å². The van der Waals surface area contributed by atoms with Gasteiger partial charge in [-0.15, -0.1) is 0 Å². The van der Waals surface area contributed by atoms with Crippen molar-refractivity contribution in [2.45, 2.75) is 6.61 Å². The molecule has 3 aromatic carbocycles. The van der Waals surface area contributed by atoms with Gasteiger partial charge in [0.1, 0.15) is 12.4 Å². The van der Waals surface area contributed by atoms with Crippen molar-refractivity contribution in [3.05, 3.63) is 94.0 Å². The Hall–Kier alpha value is -2.76. The Morgan fingerprint density at radius 2 is 1.75 bits per heavy atom. The fraction of sp³-hybridized carbons (Fsp3) is 0.0909. The van der Waals surface area contributed by atoms with Crippen LogP contribution >= 0.6 is 11.6 Å². The van der Waals surface area contributed by atoms with Gasteiger partial charge in [-0.2, -0.15) is 0 Å². The molecule has 4 nitrogen and oxygen atoms in total. The van der Waals surface area contributed by atoms with Gasteiger partial charge < -0.3 is 4.74 Å². The first kappa shape index (κ1) is 18.6. The van der Waals surface area contributed by atoms with Crippen LogP contribution in [0.1, 0.15) is 22.3 Å². The molecule has 0 atom stereocenters. The maximum Gasteiger partial charge on any atom is 0.229 e. The largest absolute Gasteiger partial charge is 0.488 e. The van der Waals surface area contributed by atoms with Crippen molar-refractivity contribution in [3.8, 4) is 5.75 Å². The van der Waals surface area contributed by atoms with E-state index in [0.29, 0.717) is 17.3 Å². The molecule has 3 aromatic rings. The Morgan fingerprint density at radius 1 is 1.00 bits per heavy atom. The second-order valence-corrected chi connectivity index (χ2v) is 8.76. The molecular formula is C22H18ClNO3S. The predicted octanol–water partition coefficient (Wildman–Crippen LogP) is 5.19. The van der Waals surface area contributed by atoms with E-state index in [2.05, 4.69) is 4.72 Å². The van der Waals surface area contributed by atoms with Gasteiger partial charge in [0.15, 0.2) is 0 Å². The molecule has 6 heteroatoms. The molecule has 0 saturated carbocycles. The number of benzene rings is 3. The van der Waals surface area contributed by atoms with E-state index in [1.807, 2.05) is 60.7 Å². The molecule has 0 amide bonds. The van der Waals surface area contributed by atoms with E-state index in [4.69, 9.17) is 16.3 Å². The van der Waals surface area contributed by atoms with Crippen LogP contribution in [-0.4, -0.2) is 14.7 Å². The summed E-state index contributed by atoms with van der Waals surface area (Å²) in [4.78, 5) is 0. The van der Waals surface area contributed by atoms with Crippen LogP contribution < -0.4 is 9.46 Å². The minimum absolute atomic E-state index is 0.388. The van der Waals surface area contributed by atoms with Crippen molar-refractivity contribution in [3.63, 3.8) is 0 Å². The highest BCUT2D eigenvalue weighted by molar-refractivity contribution is 7.92. The van der Waals surface area contributed by atoms with E-state index in [1.165, 1.54) is 0 Å². The highest BCUT2D eigenvalue weighted by atomic mass is 35.5. The third kappa shape index (κ3) is 3.91. The number of anilines is 1. The number of nitrogens with one attached hydrogen (secondary N) is 1. The normalized spacial score (nSPS) is 14.6. The molecule has 0 bridgehead atoms. The number of ether oxygens (including phenoxy) is 1. The molecule has 0 saturated heterocycles. The van der Waals surface area contributed by atoms with Gasteiger partial charge in [0, 0.05) is 21.8 Å². The maximum atomic E-state index is 11.6. The third-order valence-electron chi connectivity index (χ3n) is 4.46. The summed E-state index contributed by atoms with van der Waals surface area (Å²) in [5, 5.41) is 0.656. The van der Waals surface area contributed by atoms with E-state index < -0.39 is 10.0 Å². The molecule has 0 spiro atoms. The monoisotopic (exact) mass is 411 g/mol. The summed E-state index contributed by atoms with van der Waals surface area (Å²) in [5.74, 6) is 0.784. The minimum atomic E-state index is -3.34. The second-order valence-electron chi connectivity index (χ2n) is 6.61. The lowest BCUT2D eigenvalue weighted by molar-refractivity contribution is 0.307. The van der Waals surface area contributed by atoms with E-state index in [-0.39, 0.29) is 0 Å². The number of rotatable bonds is 3. The van der Waals surface area contributed by atoms with Crippen molar-refractivity contribution < 1.29 is 13.2 Å². The van der Waals surface area contributed by atoms with E-state index in [0.717, 1.165) is 39.8 Å². The topological polar surface area (TPSA) is 55.4 Å². The summed E-state index contributed by atoms with van der Waals surface area (Å²) in [6, 6.07) is 20.9. The van der Waals surface area contributed by atoms with Gasteiger partial charge in [0.2, 0.25) is 10.0 Å². The average Bonchev–Trinajstić information content (AvgIpc) is 2.79. The molecule has 0 unspecified atom stereocenters. The van der Waals surface area contributed by atoms with Crippen LogP contribution in [0.5, 0.6) is 5.75 Å². The van der Waals surface area contributed by atoms with Gasteiger partial charge in [0.25, 0.3) is 0 Å². The molecule has 0 radical (unpaired) electrons. The number of hydrogen-bond acceptors (Lipinski definition) is 3. The Bertz CT molecular complexity index is 1190. The quantitative estimate of drug-likeness (QED) is 0.645. The number of fused-ring (bicyclic) bond motifs is 2. The van der Waals surface area contributed by atoms with Gasteiger partial charge in [-0.1, -0.05) is 54.1 Å². The molecule has 0 fully saturated rings. The van der Waals surface area contributed by atoms with Crippen LogP contribution in [0.2, 0.25) is 5.02 Å². The fourth-order valence-electron chi connectivity index (χ4n) is 3.30. The summed E-state index contributed by atoms with van der Waals surface area (Å²) < 4.78 is 31.6. The first-order valence-electron chi connectivity index (χ1n) is 8.70. The molecule has 1 heterocycles. The number of halogens is 1. The minimum Gasteiger partial charge on any atom is -0.488 e. The lowest BCUT2D eigenvalue weighted by Crippen LogP contribution is -2.09. The van der Waals surface area contributed by atoms with Gasteiger partial charge in [-0.05, 0) is 47.0 Å². The Balaban J connectivity index is 1.89. The van der Waals surface area contributed by atoms with E-state index in [9.17, 15) is 8.42 Å². The summed E-state index contributed by atoms with van der Waals surface area (Å²) >= 11 is 6.44. The van der Waals surface area contributed by atoms with Gasteiger partial charge in [-0.25, -0.2) is 8.42 Å². The zero-order valence-corrected chi connectivity index (χ0v) is 16.7. The molecule has 0 aromatic heterocycles. The Kier molecular flexibility index (Phi) is 4.87. The van der Waals surface area contributed by atoms with Crippen molar-refractivity contribution in [1.29, 1.82) is 0 Å². The molecule has 0 aliphatic carbocycles. The van der Waals surface area contributed by atoms with Gasteiger partial charge in [0.05, 0.1) is 6.26 Å². The summed E-state index contributed by atoms with van der Waals surface area (Å²) in [5.41, 5.74) is 5.25. The molecule has 1 N–H and O–H groups in total. The van der Waals surface area contributed by atoms with Crippen LogP contribution in [0.25, 0.3) is 11.6 Å². The third-order valence-corrected chi connectivity index (χ3v) is 5.42. The SMILES string of the molecule is CS(=O)(=O)Nc1cccc(/C=C2/c3ccccc3OCc3c(Cl)cccc32)c1. The number of para-hydroxylation sites is 1. The van der Waals surface area contributed by atoms with Gasteiger partial charge in [-0.3, -0.25) is 4.72 Å². The second kappa shape index (κ2) is 7.34. The van der Waals surface area contributed by atoms with Crippen molar-refractivity contribution in [1.82, 2.24) is 0 Å². The maximum absolute atomic E-state index is 11.6. The summed E-state index contributed by atoms with van der Waals surface area (Å²) in [6.45, 7) is 0.388. The first-order valence-corrected chi connectivity index (χ1v) is 11.0. The van der Waals surface area contributed by atoms with Crippen LogP contribution in [0, 0.1) is 0 Å². The van der Waals surface area contributed by atoms with Crippen molar-refractivity contribution in [2.75, 3.05) is 11.0 Å². The highest BCUT2D eigenvalue weighted by Gasteiger charge is 2.20. The Labute approximate surface area is 169 Å². The zero-order valence-electron chi connectivity index (χ0n) is 15.1. The highest BCUT2D eigenvalue weighted by Crippen LogP contribution is 2.39.